The first-order chi connectivity index (χ1) is 7.93. The van der Waals surface area contributed by atoms with Crippen LogP contribution in [0.1, 0.15) is 16.8 Å². The number of hydrogen-bond acceptors (Lipinski definition) is 4. The van der Waals surface area contributed by atoms with Crippen LogP contribution in [-0.2, 0) is 4.79 Å². The molecule has 1 atom stereocenters. The summed E-state index contributed by atoms with van der Waals surface area (Å²) in [4.78, 5) is 31.3. The maximum Gasteiger partial charge on any atom is 0.304 e. The number of halogens is 1. The molecule has 0 aliphatic carbocycles. The molecule has 0 saturated carbocycles. The van der Waals surface area contributed by atoms with Crippen LogP contribution < -0.4 is 0 Å². The number of hydrogen-bond donors (Lipinski definition) is 1. The Morgan fingerprint density at radius 3 is 2.53 bits per heavy atom. The van der Waals surface area contributed by atoms with Crippen LogP contribution in [0.15, 0.2) is 24.3 Å². The highest BCUT2D eigenvalue weighted by Gasteiger charge is 2.26. The zero-order chi connectivity index (χ0) is 13.0. The molecule has 0 aliphatic rings. The van der Waals surface area contributed by atoms with E-state index >= 15 is 0 Å². The first-order valence-corrected chi connectivity index (χ1v) is 5.48. The van der Waals surface area contributed by atoms with Crippen molar-refractivity contribution in [1.29, 1.82) is 0 Å². The number of nitro benzene ring substituents is 1. The molecule has 1 aromatic rings. The van der Waals surface area contributed by atoms with Crippen LogP contribution >= 0.6 is 15.9 Å². The van der Waals surface area contributed by atoms with E-state index in [2.05, 4.69) is 15.9 Å². The summed E-state index contributed by atoms with van der Waals surface area (Å²) >= 11 is 2.91. The quantitative estimate of drug-likeness (QED) is 0.388. The molecule has 1 unspecified atom stereocenters. The first-order valence-electron chi connectivity index (χ1n) is 4.57. The van der Waals surface area contributed by atoms with Gasteiger partial charge in [-0.2, -0.15) is 0 Å². The van der Waals surface area contributed by atoms with Crippen LogP contribution in [0.2, 0.25) is 0 Å². The Morgan fingerprint density at radius 2 is 2.00 bits per heavy atom. The number of ketones is 1. The molecule has 1 N–H and O–H groups in total. The van der Waals surface area contributed by atoms with E-state index in [0.717, 1.165) is 0 Å². The number of Topliss-reactive ketones (excluding diaryl/α,β-unsaturated/α-hetero) is 1. The maximum atomic E-state index is 11.8. The lowest BCUT2D eigenvalue weighted by Crippen LogP contribution is -2.19. The monoisotopic (exact) mass is 301 g/mol. The lowest BCUT2D eigenvalue weighted by atomic mass is 10.0. The number of alkyl halides is 1. The van der Waals surface area contributed by atoms with E-state index < -0.39 is 27.9 Å². The van der Waals surface area contributed by atoms with Gasteiger partial charge in [0.15, 0.2) is 5.78 Å². The molecule has 6 nitrogen and oxygen atoms in total. The molecule has 0 aromatic heterocycles. The van der Waals surface area contributed by atoms with E-state index in [4.69, 9.17) is 5.11 Å². The molecule has 90 valence electrons. The van der Waals surface area contributed by atoms with Crippen LogP contribution in [0.5, 0.6) is 0 Å². The maximum absolute atomic E-state index is 11.8. The highest BCUT2D eigenvalue weighted by molar-refractivity contribution is 9.10. The van der Waals surface area contributed by atoms with Crippen molar-refractivity contribution >= 4 is 33.4 Å². The largest absolute Gasteiger partial charge is 0.481 e. The van der Waals surface area contributed by atoms with Crippen LogP contribution in [-0.4, -0.2) is 26.6 Å². The van der Waals surface area contributed by atoms with Crippen LogP contribution in [0, 0.1) is 10.1 Å². The standard InChI is InChI=1S/C10H8BrNO5/c11-7(5-9(13)14)10(15)6-3-1-2-4-8(6)12(16)17/h1-4,7H,5H2,(H,13,14). The van der Waals surface area contributed by atoms with Gasteiger partial charge in [0.2, 0.25) is 0 Å². The Balaban J connectivity index is 3.04. The summed E-state index contributed by atoms with van der Waals surface area (Å²) < 4.78 is 0. The van der Waals surface area contributed by atoms with Crippen molar-refractivity contribution in [3.05, 3.63) is 39.9 Å². The van der Waals surface area contributed by atoms with Gasteiger partial charge >= 0.3 is 5.97 Å². The highest BCUT2D eigenvalue weighted by atomic mass is 79.9. The van der Waals surface area contributed by atoms with Gasteiger partial charge in [-0.25, -0.2) is 0 Å². The molecule has 1 aromatic carbocycles. The average Bonchev–Trinajstić information content (AvgIpc) is 2.27. The number of nitro groups is 1. The highest BCUT2D eigenvalue weighted by Crippen LogP contribution is 2.22. The number of carbonyl (C=O) groups is 2. The fraction of sp³-hybridized carbons (Fsp3) is 0.200. The van der Waals surface area contributed by atoms with Crippen molar-refractivity contribution < 1.29 is 19.6 Å². The number of aliphatic carboxylic acids is 1. The fourth-order valence-electron chi connectivity index (χ4n) is 1.26. The average molecular weight is 302 g/mol. The number of benzene rings is 1. The lowest BCUT2D eigenvalue weighted by molar-refractivity contribution is -0.385. The molecule has 0 aliphatic heterocycles. The Bertz CT molecular complexity index is 474. The minimum atomic E-state index is -1.15. The lowest BCUT2D eigenvalue weighted by Gasteiger charge is -2.06. The summed E-state index contributed by atoms with van der Waals surface area (Å²) in [6.07, 6.45) is -0.426. The summed E-state index contributed by atoms with van der Waals surface area (Å²) in [5.74, 6) is -1.77. The summed E-state index contributed by atoms with van der Waals surface area (Å²) in [6, 6.07) is 5.43. The predicted octanol–water partition coefficient (Wildman–Crippen LogP) is 2.02. The number of carboxylic acid groups (broad SMARTS) is 1. The number of para-hydroxylation sites is 1. The van der Waals surface area contributed by atoms with Gasteiger partial charge in [-0.15, -0.1) is 0 Å². The number of nitrogens with zero attached hydrogens (tertiary/aromatic N) is 1. The van der Waals surface area contributed by atoms with Gasteiger partial charge in [0, 0.05) is 6.07 Å². The second-order valence-corrected chi connectivity index (χ2v) is 4.31. The Labute approximate surface area is 105 Å². The summed E-state index contributed by atoms with van der Waals surface area (Å²) in [5.41, 5.74) is -0.423. The van der Waals surface area contributed by atoms with Gasteiger partial charge in [-0.1, -0.05) is 28.1 Å². The number of carbonyl (C=O) groups excluding carboxylic acids is 1. The molecular weight excluding hydrogens is 294 g/mol. The zero-order valence-corrected chi connectivity index (χ0v) is 10.1. The van der Waals surface area contributed by atoms with Crippen molar-refractivity contribution in [2.45, 2.75) is 11.2 Å². The molecule has 0 heterocycles. The first kappa shape index (κ1) is 13.3. The Morgan fingerprint density at radius 1 is 1.41 bits per heavy atom. The van der Waals surface area contributed by atoms with E-state index in [0.29, 0.717) is 0 Å². The third-order valence-corrected chi connectivity index (χ3v) is 2.74. The normalized spacial score (nSPS) is 11.8. The van der Waals surface area contributed by atoms with Crippen molar-refractivity contribution in [1.82, 2.24) is 0 Å². The Hall–Kier alpha value is -1.76. The number of carboxylic acids is 1. The Kier molecular flexibility index (Phi) is 4.33. The minimum Gasteiger partial charge on any atom is -0.481 e. The van der Waals surface area contributed by atoms with Gasteiger partial charge in [0.1, 0.15) is 0 Å². The van der Waals surface area contributed by atoms with Gasteiger partial charge < -0.3 is 5.11 Å². The third kappa shape index (κ3) is 3.35. The fourth-order valence-corrected chi connectivity index (χ4v) is 1.78. The van der Waals surface area contributed by atoms with Crippen molar-refractivity contribution in [2.75, 3.05) is 0 Å². The van der Waals surface area contributed by atoms with Gasteiger partial charge in [0.25, 0.3) is 5.69 Å². The van der Waals surface area contributed by atoms with Crippen LogP contribution in [0.4, 0.5) is 5.69 Å². The topological polar surface area (TPSA) is 97.5 Å². The number of rotatable bonds is 5. The molecule has 1 rings (SSSR count). The molecule has 0 amide bonds. The van der Waals surface area contributed by atoms with Gasteiger partial charge in [-0.05, 0) is 6.07 Å². The zero-order valence-electron chi connectivity index (χ0n) is 8.50. The molecule has 0 bridgehead atoms. The van der Waals surface area contributed by atoms with E-state index in [1.165, 1.54) is 24.3 Å². The predicted molar refractivity (Wildman–Crippen MR) is 62.4 cm³/mol. The van der Waals surface area contributed by atoms with Crippen molar-refractivity contribution in [2.24, 2.45) is 0 Å². The molecule has 0 spiro atoms. The molecule has 0 radical (unpaired) electrons. The smallest absolute Gasteiger partial charge is 0.304 e. The van der Waals surface area contributed by atoms with Crippen LogP contribution in [0.25, 0.3) is 0 Å². The second-order valence-electron chi connectivity index (χ2n) is 3.20. The molecule has 17 heavy (non-hydrogen) atoms. The van der Waals surface area contributed by atoms with Crippen molar-refractivity contribution in [3.8, 4) is 0 Å². The van der Waals surface area contributed by atoms with Gasteiger partial charge in [0.05, 0.1) is 21.7 Å². The molecule has 0 saturated heterocycles. The van der Waals surface area contributed by atoms with Crippen molar-refractivity contribution in [3.63, 3.8) is 0 Å². The molecule has 0 fully saturated rings. The van der Waals surface area contributed by atoms with E-state index in [1.807, 2.05) is 0 Å². The van der Waals surface area contributed by atoms with E-state index in [-0.39, 0.29) is 11.3 Å². The summed E-state index contributed by atoms with van der Waals surface area (Å²) in [7, 11) is 0. The van der Waals surface area contributed by atoms with Gasteiger partial charge in [-0.3, -0.25) is 19.7 Å². The second kappa shape index (κ2) is 5.53. The molecule has 7 heteroatoms. The summed E-state index contributed by atoms with van der Waals surface area (Å²) in [6.45, 7) is 0. The van der Waals surface area contributed by atoms with E-state index in [1.54, 1.807) is 0 Å². The SMILES string of the molecule is O=C(O)CC(Br)C(=O)c1ccccc1[N+](=O)[O-]. The van der Waals surface area contributed by atoms with Crippen LogP contribution in [0.3, 0.4) is 0 Å². The molecular formula is C10H8BrNO5. The minimum absolute atomic E-state index is 0.0966. The summed E-state index contributed by atoms with van der Waals surface area (Å²) in [5, 5.41) is 19.2. The van der Waals surface area contributed by atoms with E-state index in [9.17, 15) is 19.7 Å². The third-order valence-electron chi connectivity index (χ3n) is 2.00.